The highest BCUT2D eigenvalue weighted by atomic mass is 31.2. The Morgan fingerprint density at radius 3 is 0.787 bits per heavy atom. The first-order valence-electron chi connectivity index (χ1n) is 15.3. The van der Waals surface area contributed by atoms with Gasteiger partial charge in [-0.1, -0.05) is 127 Å². The zero-order valence-corrected chi connectivity index (χ0v) is 26.5. The Labute approximate surface area is 275 Å². The predicted octanol–water partition coefficient (Wildman–Crippen LogP) is 8.48. The van der Waals surface area contributed by atoms with Crippen LogP contribution in [0.2, 0.25) is 0 Å². The fourth-order valence-corrected chi connectivity index (χ4v) is 6.46. The molecule has 0 spiro atoms. The molecule has 3 atom stereocenters. The molecule has 0 bridgehead atoms. The average molecular weight is 642 g/mol. The summed E-state index contributed by atoms with van der Waals surface area (Å²) < 4.78 is 32.2. The van der Waals surface area contributed by atoms with Gasteiger partial charge in [0.2, 0.25) is 0 Å². The van der Waals surface area contributed by atoms with Crippen LogP contribution in [0.4, 0.5) is 0 Å². The van der Waals surface area contributed by atoms with Crippen molar-refractivity contribution in [3.8, 4) is 17.2 Å². The van der Waals surface area contributed by atoms with Crippen LogP contribution in [-0.4, -0.2) is 0 Å². The van der Waals surface area contributed by atoms with Gasteiger partial charge in [0.1, 0.15) is 17.2 Å². The van der Waals surface area contributed by atoms with Crippen molar-refractivity contribution in [2.75, 3.05) is 0 Å². The molecule has 3 unspecified atom stereocenters. The summed E-state index contributed by atoms with van der Waals surface area (Å²) in [7, 11) is -4.27. The molecular formula is C39H36N3O4P. The van der Waals surface area contributed by atoms with Gasteiger partial charge < -0.3 is 30.8 Å². The van der Waals surface area contributed by atoms with E-state index in [0.29, 0.717) is 17.2 Å². The Hall–Kier alpha value is -5.17. The molecule has 0 amide bonds. The first-order valence-corrected chi connectivity index (χ1v) is 16.7. The lowest BCUT2D eigenvalue weighted by Gasteiger charge is -2.21. The van der Waals surface area contributed by atoms with Gasteiger partial charge in [-0.05, 0) is 69.8 Å². The summed E-state index contributed by atoms with van der Waals surface area (Å²) in [4.78, 5) is 0. The number of hydrogen-bond acceptors (Lipinski definition) is 7. The van der Waals surface area contributed by atoms with Crippen molar-refractivity contribution in [1.82, 2.24) is 0 Å². The summed E-state index contributed by atoms with van der Waals surface area (Å²) in [5.41, 5.74) is 25.0. The molecule has 0 aliphatic rings. The van der Waals surface area contributed by atoms with Crippen LogP contribution in [0.5, 0.6) is 17.2 Å². The van der Waals surface area contributed by atoms with Crippen molar-refractivity contribution >= 4 is 7.82 Å². The smallest absolute Gasteiger partial charge is 0.386 e. The number of phosphoric acid groups is 1. The van der Waals surface area contributed by atoms with Crippen LogP contribution < -0.4 is 30.8 Å². The Morgan fingerprint density at radius 2 is 0.553 bits per heavy atom. The summed E-state index contributed by atoms with van der Waals surface area (Å²) in [6.45, 7) is 0. The molecular weight excluding hydrogens is 605 g/mol. The molecule has 0 radical (unpaired) electrons. The summed E-state index contributed by atoms with van der Waals surface area (Å²) in [5, 5.41) is 0. The molecule has 6 aromatic rings. The Balaban J connectivity index is 1.23. The largest absolute Gasteiger partial charge is 0.647 e. The van der Waals surface area contributed by atoms with E-state index in [9.17, 15) is 4.57 Å². The maximum atomic E-state index is 14.3. The van der Waals surface area contributed by atoms with E-state index < -0.39 is 7.82 Å². The summed E-state index contributed by atoms with van der Waals surface area (Å²) in [5.74, 6) is 0.883. The second-order valence-corrected chi connectivity index (χ2v) is 12.5. The third-order valence-corrected chi connectivity index (χ3v) is 9.15. The summed E-state index contributed by atoms with van der Waals surface area (Å²) in [6, 6.07) is 49.5. The van der Waals surface area contributed by atoms with Gasteiger partial charge in [0, 0.05) is 0 Å². The van der Waals surface area contributed by atoms with E-state index in [1.54, 1.807) is 36.4 Å². The molecule has 8 heteroatoms. The van der Waals surface area contributed by atoms with Gasteiger partial charge in [-0.3, -0.25) is 0 Å². The highest BCUT2D eigenvalue weighted by Gasteiger charge is 2.33. The van der Waals surface area contributed by atoms with Gasteiger partial charge in [-0.25, -0.2) is 0 Å². The highest BCUT2D eigenvalue weighted by Crippen LogP contribution is 2.50. The quantitative estimate of drug-likeness (QED) is 0.115. The van der Waals surface area contributed by atoms with Crippen LogP contribution in [-0.2, 0) is 4.57 Å². The van der Waals surface area contributed by atoms with Gasteiger partial charge in [0.15, 0.2) is 0 Å². The van der Waals surface area contributed by atoms with Crippen molar-refractivity contribution in [2.45, 2.75) is 18.1 Å². The van der Waals surface area contributed by atoms with E-state index in [1.165, 1.54) is 0 Å². The minimum absolute atomic E-state index is 0.294. The van der Waals surface area contributed by atoms with E-state index in [4.69, 9.17) is 30.8 Å². The lowest BCUT2D eigenvalue weighted by molar-refractivity contribution is 0.298. The summed E-state index contributed by atoms with van der Waals surface area (Å²) >= 11 is 0. The standard InChI is InChI=1S/C39H36N3O4P/c40-37(28-10-4-1-5-11-28)31-16-22-34(23-17-31)44-47(43,45-35-24-18-32(19-25-35)38(41)29-12-6-2-7-13-29)46-36-26-20-33(21-27-36)39(42)30-14-8-3-9-15-30/h1-27,37-39H,40-42H2. The minimum Gasteiger partial charge on any atom is -0.386 e. The van der Waals surface area contributed by atoms with Gasteiger partial charge >= 0.3 is 7.82 Å². The van der Waals surface area contributed by atoms with Crippen molar-refractivity contribution in [1.29, 1.82) is 0 Å². The fourth-order valence-electron chi connectivity index (χ4n) is 5.21. The maximum absolute atomic E-state index is 14.3. The molecule has 0 aromatic heterocycles. The third-order valence-electron chi connectivity index (χ3n) is 7.85. The third kappa shape index (κ3) is 7.98. The van der Waals surface area contributed by atoms with Gasteiger partial charge in [0.05, 0.1) is 18.1 Å². The lowest BCUT2D eigenvalue weighted by atomic mass is 10.00. The van der Waals surface area contributed by atoms with Crippen molar-refractivity contribution in [2.24, 2.45) is 17.2 Å². The molecule has 0 saturated carbocycles. The number of rotatable bonds is 12. The normalized spacial score (nSPS) is 14.3. The van der Waals surface area contributed by atoms with Crippen LogP contribution in [0.15, 0.2) is 164 Å². The minimum atomic E-state index is -4.27. The zero-order valence-electron chi connectivity index (χ0n) is 25.6. The first-order chi connectivity index (χ1) is 22.9. The SMILES string of the molecule is NC(c1ccccc1)c1ccc(OP(=O)(Oc2ccc(C(N)c3ccccc3)cc2)Oc2ccc(C(N)c3ccccc3)cc2)cc1. The van der Waals surface area contributed by atoms with Crippen LogP contribution in [0, 0.1) is 0 Å². The lowest BCUT2D eigenvalue weighted by Crippen LogP contribution is -2.12. The molecule has 0 saturated heterocycles. The molecule has 6 rings (SSSR count). The van der Waals surface area contributed by atoms with Gasteiger partial charge in [-0.2, -0.15) is 4.57 Å². The molecule has 7 nitrogen and oxygen atoms in total. The monoisotopic (exact) mass is 641 g/mol. The van der Waals surface area contributed by atoms with E-state index in [-0.39, 0.29) is 18.1 Å². The maximum Gasteiger partial charge on any atom is 0.647 e. The molecule has 6 aromatic carbocycles. The second-order valence-electron chi connectivity index (χ2n) is 11.1. The predicted molar refractivity (Wildman–Crippen MR) is 186 cm³/mol. The molecule has 0 aliphatic heterocycles. The molecule has 47 heavy (non-hydrogen) atoms. The fraction of sp³-hybridized carbons (Fsp3) is 0.0769. The van der Waals surface area contributed by atoms with E-state index in [0.717, 1.165) is 33.4 Å². The summed E-state index contributed by atoms with van der Waals surface area (Å²) in [6.07, 6.45) is 0. The van der Waals surface area contributed by atoms with Crippen LogP contribution in [0.25, 0.3) is 0 Å². The number of hydrogen-bond donors (Lipinski definition) is 3. The van der Waals surface area contributed by atoms with Crippen molar-refractivity contribution in [3.63, 3.8) is 0 Å². The Kier molecular flexibility index (Phi) is 9.81. The number of benzene rings is 6. The van der Waals surface area contributed by atoms with Gasteiger partial charge in [0.25, 0.3) is 0 Å². The molecule has 236 valence electrons. The topological polar surface area (TPSA) is 123 Å². The second kappa shape index (κ2) is 14.5. The van der Waals surface area contributed by atoms with Crippen molar-refractivity contribution in [3.05, 3.63) is 197 Å². The van der Waals surface area contributed by atoms with Crippen LogP contribution in [0.3, 0.4) is 0 Å². The zero-order chi connectivity index (χ0) is 32.6. The van der Waals surface area contributed by atoms with E-state index in [1.807, 2.05) is 127 Å². The molecule has 0 fully saturated rings. The van der Waals surface area contributed by atoms with Gasteiger partial charge in [-0.15, -0.1) is 0 Å². The van der Waals surface area contributed by atoms with Crippen LogP contribution in [0.1, 0.15) is 51.5 Å². The Bertz CT molecular complexity index is 1680. The first kappa shape index (κ1) is 31.8. The number of phosphoric ester groups is 1. The Morgan fingerprint density at radius 1 is 0.340 bits per heavy atom. The van der Waals surface area contributed by atoms with E-state index in [2.05, 4.69) is 0 Å². The molecule has 6 N–H and O–H groups in total. The molecule has 0 aliphatic carbocycles. The average Bonchev–Trinajstić information content (AvgIpc) is 3.12. The number of nitrogens with two attached hydrogens (primary N) is 3. The highest BCUT2D eigenvalue weighted by molar-refractivity contribution is 7.49. The van der Waals surface area contributed by atoms with E-state index >= 15 is 0 Å². The molecule has 0 heterocycles. The van der Waals surface area contributed by atoms with Crippen molar-refractivity contribution < 1.29 is 18.1 Å². The van der Waals surface area contributed by atoms with Crippen LogP contribution >= 0.6 is 7.82 Å².